The van der Waals surface area contributed by atoms with Crippen molar-refractivity contribution in [3.05, 3.63) is 54.5 Å². The van der Waals surface area contributed by atoms with Gasteiger partial charge in [-0.25, -0.2) is 4.39 Å². The number of phenols is 1. The molecule has 3 aromatic rings. The molecule has 0 saturated carbocycles. The van der Waals surface area contributed by atoms with Crippen molar-refractivity contribution in [3.8, 4) is 5.75 Å². The number of hydrogen-bond acceptors (Lipinski definition) is 4. The van der Waals surface area contributed by atoms with Gasteiger partial charge in [0.25, 0.3) is 0 Å². The van der Waals surface area contributed by atoms with Crippen molar-refractivity contribution in [2.75, 3.05) is 11.6 Å². The summed E-state index contributed by atoms with van der Waals surface area (Å²) >= 11 is 1.65. The van der Waals surface area contributed by atoms with E-state index < -0.39 is 5.82 Å². The van der Waals surface area contributed by atoms with E-state index in [9.17, 15) is 9.50 Å². The molecule has 0 spiro atoms. The first-order valence-electron chi connectivity index (χ1n) is 6.35. The van der Waals surface area contributed by atoms with Gasteiger partial charge in [-0.05, 0) is 42.7 Å². The van der Waals surface area contributed by atoms with E-state index in [1.807, 2.05) is 30.5 Å². The summed E-state index contributed by atoms with van der Waals surface area (Å²) in [6.45, 7) is 0. The zero-order valence-corrected chi connectivity index (χ0v) is 12.1. The third-order valence-corrected chi connectivity index (χ3v) is 3.90. The van der Waals surface area contributed by atoms with E-state index in [1.54, 1.807) is 24.0 Å². The third kappa shape index (κ3) is 2.78. The number of thioether (sulfide) groups is 1. The molecule has 1 heterocycles. The summed E-state index contributed by atoms with van der Waals surface area (Å²) in [6, 6.07) is 12.1. The first kappa shape index (κ1) is 13.7. The second kappa shape index (κ2) is 5.61. The molecule has 2 N–H and O–H groups in total. The van der Waals surface area contributed by atoms with Crippen molar-refractivity contribution in [1.29, 1.82) is 0 Å². The number of nitrogens with one attached hydrogen (secondary N) is 1. The van der Waals surface area contributed by atoms with Gasteiger partial charge in [0.15, 0.2) is 11.6 Å². The van der Waals surface area contributed by atoms with Gasteiger partial charge in [0.1, 0.15) is 0 Å². The quantitative estimate of drug-likeness (QED) is 0.550. The minimum atomic E-state index is -0.650. The fourth-order valence-electron chi connectivity index (χ4n) is 2.10. The zero-order valence-electron chi connectivity index (χ0n) is 11.3. The molecular weight excluding hydrogens is 287 g/mol. The van der Waals surface area contributed by atoms with E-state index in [2.05, 4.69) is 10.3 Å². The van der Waals surface area contributed by atoms with E-state index in [0.29, 0.717) is 5.69 Å². The molecule has 0 atom stereocenters. The fourth-order valence-corrected chi connectivity index (χ4v) is 2.54. The van der Waals surface area contributed by atoms with Crippen LogP contribution in [0.5, 0.6) is 5.75 Å². The van der Waals surface area contributed by atoms with Crippen molar-refractivity contribution in [2.45, 2.75) is 4.90 Å². The van der Waals surface area contributed by atoms with Crippen LogP contribution in [0, 0.1) is 5.82 Å². The number of rotatable bonds is 3. The first-order chi connectivity index (χ1) is 10.2. The molecule has 0 bridgehead atoms. The molecule has 0 aliphatic heterocycles. The second-order valence-corrected chi connectivity index (χ2v) is 5.41. The molecule has 0 aliphatic rings. The Balaban J connectivity index is 2.05. The molecule has 0 saturated heterocycles. The largest absolute Gasteiger partial charge is 0.505 e. The molecule has 21 heavy (non-hydrogen) atoms. The van der Waals surface area contributed by atoms with Crippen LogP contribution in [0.1, 0.15) is 0 Å². The normalized spacial score (nSPS) is 10.8. The smallest absolute Gasteiger partial charge is 0.166 e. The molecule has 3 rings (SSSR count). The molecule has 5 heteroatoms. The number of anilines is 2. The van der Waals surface area contributed by atoms with Crippen molar-refractivity contribution < 1.29 is 9.50 Å². The molecule has 0 fully saturated rings. The van der Waals surface area contributed by atoms with Gasteiger partial charge in [-0.15, -0.1) is 11.8 Å². The van der Waals surface area contributed by atoms with E-state index >= 15 is 0 Å². The lowest BCUT2D eigenvalue weighted by Crippen LogP contribution is -1.93. The maximum absolute atomic E-state index is 13.4. The molecule has 0 aliphatic carbocycles. The number of halogens is 1. The predicted octanol–water partition coefficient (Wildman–Crippen LogP) is 4.55. The highest BCUT2D eigenvalue weighted by Gasteiger charge is 2.06. The Kier molecular flexibility index (Phi) is 3.66. The number of nitrogens with zero attached hydrogens (tertiary/aromatic N) is 1. The van der Waals surface area contributed by atoms with Gasteiger partial charge in [-0.1, -0.05) is 0 Å². The van der Waals surface area contributed by atoms with Crippen LogP contribution in [0.15, 0.2) is 53.6 Å². The number of phenolic OH excluding ortho intramolecular Hbond substituents is 1. The zero-order chi connectivity index (χ0) is 14.8. The highest BCUT2D eigenvalue weighted by atomic mass is 32.2. The van der Waals surface area contributed by atoms with E-state index in [0.717, 1.165) is 21.5 Å². The number of hydrogen-bond donors (Lipinski definition) is 2. The van der Waals surface area contributed by atoms with Gasteiger partial charge >= 0.3 is 0 Å². The summed E-state index contributed by atoms with van der Waals surface area (Å²) in [6.07, 6.45) is 3.72. The maximum Gasteiger partial charge on any atom is 0.166 e. The Hall–Kier alpha value is -2.27. The Bertz CT molecular complexity index is 807. The summed E-state index contributed by atoms with van der Waals surface area (Å²) in [5.74, 6) is -1.01. The van der Waals surface area contributed by atoms with Crippen molar-refractivity contribution in [3.63, 3.8) is 0 Å². The Labute approximate surface area is 125 Å². The molecule has 0 radical (unpaired) electrons. The molecule has 2 aromatic carbocycles. The van der Waals surface area contributed by atoms with Crippen LogP contribution < -0.4 is 5.32 Å². The minimum absolute atomic E-state index is 0.357. The average molecular weight is 300 g/mol. The van der Waals surface area contributed by atoms with Crippen LogP contribution in [0.2, 0.25) is 0 Å². The van der Waals surface area contributed by atoms with Crippen molar-refractivity contribution in [2.24, 2.45) is 0 Å². The lowest BCUT2D eigenvalue weighted by atomic mass is 10.2. The highest BCUT2D eigenvalue weighted by Crippen LogP contribution is 2.29. The number of pyridine rings is 1. The Morgan fingerprint density at radius 2 is 2.00 bits per heavy atom. The molecule has 3 nitrogen and oxygen atoms in total. The Morgan fingerprint density at radius 3 is 2.76 bits per heavy atom. The van der Waals surface area contributed by atoms with Gasteiger partial charge in [0.05, 0.1) is 5.52 Å². The highest BCUT2D eigenvalue weighted by molar-refractivity contribution is 7.98. The van der Waals surface area contributed by atoms with Crippen molar-refractivity contribution >= 4 is 34.0 Å². The lowest BCUT2D eigenvalue weighted by molar-refractivity contribution is 0.432. The van der Waals surface area contributed by atoms with Crippen LogP contribution in [0.4, 0.5) is 15.8 Å². The summed E-state index contributed by atoms with van der Waals surface area (Å²) < 4.78 is 13.4. The molecule has 1 aromatic heterocycles. The van der Waals surface area contributed by atoms with Crippen molar-refractivity contribution in [1.82, 2.24) is 4.98 Å². The molecule has 0 unspecified atom stereocenters. The average Bonchev–Trinajstić information content (AvgIpc) is 2.51. The van der Waals surface area contributed by atoms with E-state index in [-0.39, 0.29) is 5.75 Å². The number of aromatic hydroxyl groups is 1. The van der Waals surface area contributed by atoms with Crippen LogP contribution >= 0.6 is 11.8 Å². The third-order valence-electron chi connectivity index (χ3n) is 3.18. The molecule has 0 amide bonds. The van der Waals surface area contributed by atoms with Gasteiger partial charge in [-0.2, -0.15) is 0 Å². The minimum Gasteiger partial charge on any atom is -0.505 e. The van der Waals surface area contributed by atoms with E-state index in [4.69, 9.17) is 0 Å². The number of fused-ring (bicyclic) bond motifs is 1. The van der Waals surface area contributed by atoms with Gasteiger partial charge in [0, 0.05) is 33.9 Å². The maximum atomic E-state index is 13.4. The summed E-state index contributed by atoms with van der Waals surface area (Å²) in [4.78, 5) is 5.46. The van der Waals surface area contributed by atoms with Gasteiger partial charge in [0.2, 0.25) is 0 Å². The monoisotopic (exact) mass is 300 g/mol. The topological polar surface area (TPSA) is 45.2 Å². The van der Waals surface area contributed by atoms with Gasteiger partial charge in [-0.3, -0.25) is 4.98 Å². The SMILES string of the molecule is CSc1ccc2nccc(Nc3ccc(O)c(F)c3)c2c1. The standard InChI is InChI=1S/C16H13FN2OS/c1-21-11-3-4-14-12(9-11)15(6-7-18-14)19-10-2-5-16(20)13(17)8-10/h2-9,20H,1H3,(H,18,19). The second-order valence-electron chi connectivity index (χ2n) is 4.53. The number of benzene rings is 2. The number of aromatic nitrogens is 1. The summed E-state index contributed by atoms with van der Waals surface area (Å²) in [5.41, 5.74) is 2.30. The lowest BCUT2D eigenvalue weighted by Gasteiger charge is -2.10. The molecular formula is C16H13FN2OS. The first-order valence-corrected chi connectivity index (χ1v) is 7.58. The Morgan fingerprint density at radius 1 is 1.14 bits per heavy atom. The van der Waals surface area contributed by atoms with Crippen LogP contribution in [-0.2, 0) is 0 Å². The molecule has 106 valence electrons. The van der Waals surface area contributed by atoms with Crippen LogP contribution in [0.25, 0.3) is 10.9 Å². The summed E-state index contributed by atoms with van der Waals surface area (Å²) in [5, 5.41) is 13.4. The fraction of sp³-hybridized carbons (Fsp3) is 0.0625. The summed E-state index contributed by atoms with van der Waals surface area (Å²) in [7, 11) is 0. The van der Waals surface area contributed by atoms with Crippen LogP contribution in [0.3, 0.4) is 0 Å². The van der Waals surface area contributed by atoms with E-state index in [1.165, 1.54) is 12.1 Å². The van der Waals surface area contributed by atoms with Crippen LogP contribution in [-0.4, -0.2) is 16.3 Å². The predicted molar refractivity (Wildman–Crippen MR) is 84.9 cm³/mol. The van der Waals surface area contributed by atoms with Gasteiger partial charge < -0.3 is 10.4 Å².